The van der Waals surface area contributed by atoms with Crippen molar-refractivity contribution in [2.75, 3.05) is 39.8 Å². The average molecular weight is 420 g/mol. The van der Waals surface area contributed by atoms with E-state index in [9.17, 15) is 18.8 Å². The minimum Gasteiger partial charge on any atom is -0.493 e. The maximum atomic E-state index is 13.5. The van der Waals surface area contributed by atoms with Crippen molar-refractivity contribution in [2.24, 2.45) is 0 Å². The highest BCUT2D eigenvalue weighted by Gasteiger charge is 2.18. The van der Waals surface area contributed by atoms with E-state index in [0.717, 1.165) is 0 Å². The Kier molecular flexibility index (Phi) is 7.98. The van der Waals surface area contributed by atoms with Gasteiger partial charge in [-0.25, -0.2) is 4.39 Å². The highest BCUT2D eigenvalue weighted by molar-refractivity contribution is 5.97. The van der Waals surface area contributed by atoms with Gasteiger partial charge in [0.25, 0.3) is 11.8 Å². The van der Waals surface area contributed by atoms with Crippen LogP contribution in [0, 0.1) is 5.82 Å². The van der Waals surface area contributed by atoms with E-state index >= 15 is 0 Å². The van der Waals surface area contributed by atoms with Gasteiger partial charge in [-0.3, -0.25) is 14.4 Å². The van der Waals surface area contributed by atoms with Crippen LogP contribution in [0.1, 0.15) is 10.4 Å². The molecule has 2 N–H and O–H groups in total. The molecule has 0 saturated carbocycles. The first kappa shape index (κ1) is 22.5. The average Bonchev–Trinajstić information content (AvgIpc) is 2.76. The number of anilines is 1. The van der Waals surface area contributed by atoms with Gasteiger partial charge in [0.05, 0.1) is 27.0 Å². The summed E-state index contributed by atoms with van der Waals surface area (Å²) >= 11 is 0. The summed E-state index contributed by atoms with van der Waals surface area (Å²) in [5.74, 6) is -1.92. The summed E-state index contributed by atoms with van der Waals surface area (Å²) < 4.78 is 33.8. The van der Waals surface area contributed by atoms with E-state index in [1.807, 2.05) is 0 Å². The molecule has 2 aromatic carbocycles. The third kappa shape index (κ3) is 5.84. The van der Waals surface area contributed by atoms with Crippen LogP contribution in [0.3, 0.4) is 0 Å². The monoisotopic (exact) mass is 420 g/mol. The fraction of sp³-hybridized carbons (Fsp3) is 0.250. The van der Waals surface area contributed by atoms with Crippen molar-refractivity contribution in [3.63, 3.8) is 0 Å². The molecule has 0 heterocycles. The van der Waals surface area contributed by atoms with E-state index in [1.54, 1.807) is 6.07 Å². The van der Waals surface area contributed by atoms with E-state index in [0.29, 0.717) is 5.75 Å². The molecular formula is C20H21FN2O7. The molecule has 10 heteroatoms. The van der Waals surface area contributed by atoms with Gasteiger partial charge in [0.1, 0.15) is 12.4 Å². The van der Waals surface area contributed by atoms with Crippen molar-refractivity contribution in [1.82, 2.24) is 5.32 Å². The maximum Gasteiger partial charge on any atom is 0.325 e. The number of para-hydroxylation sites is 1. The quantitative estimate of drug-likeness (QED) is 0.595. The number of methoxy groups -OCH3 is 3. The first-order valence-corrected chi connectivity index (χ1v) is 8.67. The van der Waals surface area contributed by atoms with Gasteiger partial charge in [-0.1, -0.05) is 12.1 Å². The number of nitrogens with one attached hydrogen (secondary N) is 2. The van der Waals surface area contributed by atoms with E-state index in [-0.39, 0.29) is 22.7 Å². The van der Waals surface area contributed by atoms with Crippen LogP contribution in [0.2, 0.25) is 0 Å². The normalized spacial score (nSPS) is 10.0. The number of hydrogen-bond acceptors (Lipinski definition) is 7. The molecule has 0 aliphatic heterocycles. The third-order valence-corrected chi connectivity index (χ3v) is 3.83. The van der Waals surface area contributed by atoms with Crippen LogP contribution < -0.4 is 24.8 Å². The Morgan fingerprint density at radius 2 is 1.60 bits per heavy atom. The summed E-state index contributed by atoms with van der Waals surface area (Å²) in [6, 6.07) is 8.41. The maximum absolute atomic E-state index is 13.5. The number of benzene rings is 2. The van der Waals surface area contributed by atoms with E-state index < -0.39 is 36.8 Å². The predicted molar refractivity (Wildman–Crippen MR) is 104 cm³/mol. The fourth-order valence-electron chi connectivity index (χ4n) is 2.41. The van der Waals surface area contributed by atoms with Crippen molar-refractivity contribution < 1.29 is 37.7 Å². The molecular weight excluding hydrogens is 399 g/mol. The second kappa shape index (κ2) is 10.6. The van der Waals surface area contributed by atoms with Gasteiger partial charge in [-0.05, 0) is 24.3 Å². The summed E-state index contributed by atoms with van der Waals surface area (Å²) in [6.45, 7) is -1.12. The first-order valence-electron chi connectivity index (χ1n) is 8.67. The summed E-state index contributed by atoms with van der Waals surface area (Å²) in [5.41, 5.74) is 0.129. The highest BCUT2D eigenvalue weighted by atomic mass is 19.1. The van der Waals surface area contributed by atoms with Crippen LogP contribution in [-0.2, 0) is 14.3 Å². The van der Waals surface area contributed by atoms with Gasteiger partial charge < -0.3 is 29.6 Å². The lowest BCUT2D eigenvalue weighted by Gasteiger charge is -2.14. The Labute approximate surface area is 172 Å². The molecule has 30 heavy (non-hydrogen) atoms. The Bertz CT molecular complexity index is 908. The Morgan fingerprint density at radius 3 is 2.17 bits per heavy atom. The van der Waals surface area contributed by atoms with Crippen molar-refractivity contribution in [3.05, 3.63) is 47.8 Å². The standard InChI is InChI=1S/C20H21FN2O7/c1-27-15-8-12(9-16(28-2)19(15)29-3)20(26)22-10-18(25)30-11-17(24)23-14-7-5-4-6-13(14)21/h4-9H,10-11H2,1-3H3,(H,22,26)(H,23,24). The van der Waals surface area contributed by atoms with Crippen LogP contribution in [0.5, 0.6) is 17.2 Å². The van der Waals surface area contributed by atoms with Crippen LogP contribution in [0.4, 0.5) is 10.1 Å². The van der Waals surface area contributed by atoms with Crippen LogP contribution in [0.25, 0.3) is 0 Å². The van der Waals surface area contributed by atoms with E-state index in [4.69, 9.17) is 18.9 Å². The van der Waals surface area contributed by atoms with Crippen molar-refractivity contribution in [1.29, 1.82) is 0 Å². The molecule has 0 atom stereocenters. The lowest BCUT2D eigenvalue weighted by atomic mass is 10.1. The zero-order valence-corrected chi connectivity index (χ0v) is 16.6. The SMILES string of the molecule is COc1cc(C(=O)NCC(=O)OCC(=O)Nc2ccccc2F)cc(OC)c1OC. The zero-order chi connectivity index (χ0) is 22.1. The molecule has 0 aliphatic rings. The summed E-state index contributed by atoms with van der Waals surface area (Å²) in [7, 11) is 4.24. The number of ether oxygens (including phenoxy) is 4. The number of amides is 2. The molecule has 2 aromatic rings. The number of hydrogen-bond donors (Lipinski definition) is 2. The number of halogens is 1. The molecule has 9 nitrogen and oxygen atoms in total. The van der Waals surface area contributed by atoms with Gasteiger partial charge >= 0.3 is 5.97 Å². The molecule has 0 fully saturated rings. The van der Waals surface area contributed by atoms with Gasteiger partial charge in [0, 0.05) is 5.56 Å². The smallest absolute Gasteiger partial charge is 0.325 e. The molecule has 2 amide bonds. The minimum atomic E-state index is -0.848. The molecule has 2 rings (SSSR count). The Hall–Kier alpha value is -3.82. The largest absolute Gasteiger partial charge is 0.493 e. The van der Waals surface area contributed by atoms with E-state index in [1.165, 1.54) is 51.7 Å². The van der Waals surface area contributed by atoms with Gasteiger partial charge in [-0.15, -0.1) is 0 Å². The summed E-state index contributed by atoms with van der Waals surface area (Å²) in [4.78, 5) is 35.8. The Balaban J connectivity index is 1.88. The topological polar surface area (TPSA) is 112 Å². The lowest BCUT2D eigenvalue weighted by molar-refractivity contribution is -0.146. The fourth-order valence-corrected chi connectivity index (χ4v) is 2.41. The molecule has 0 saturated heterocycles. The first-order chi connectivity index (χ1) is 14.4. The number of carbonyl (C=O) groups excluding carboxylic acids is 3. The molecule has 0 unspecified atom stereocenters. The van der Waals surface area contributed by atoms with Crippen molar-refractivity contribution in [3.8, 4) is 17.2 Å². The van der Waals surface area contributed by atoms with Crippen LogP contribution in [-0.4, -0.2) is 52.3 Å². The second-order valence-electron chi connectivity index (χ2n) is 5.79. The van der Waals surface area contributed by atoms with Gasteiger partial charge in [-0.2, -0.15) is 0 Å². The Morgan fingerprint density at radius 1 is 0.967 bits per heavy atom. The molecule has 0 aliphatic carbocycles. The van der Waals surface area contributed by atoms with E-state index in [2.05, 4.69) is 10.6 Å². The van der Waals surface area contributed by atoms with Crippen molar-refractivity contribution >= 4 is 23.5 Å². The molecule has 0 bridgehead atoms. The number of esters is 1. The number of carbonyl (C=O) groups is 3. The van der Waals surface area contributed by atoms with Crippen LogP contribution in [0.15, 0.2) is 36.4 Å². The zero-order valence-electron chi connectivity index (χ0n) is 16.6. The predicted octanol–water partition coefficient (Wildman–Crippen LogP) is 1.76. The molecule has 160 valence electrons. The summed E-state index contributed by atoms with van der Waals surface area (Å²) in [6.07, 6.45) is 0. The molecule has 0 aromatic heterocycles. The number of rotatable bonds is 9. The third-order valence-electron chi connectivity index (χ3n) is 3.83. The second-order valence-corrected chi connectivity index (χ2v) is 5.79. The summed E-state index contributed by atoms with van der Waals surface area (Å²) in [5, 5.41) is 4.64. The molecule has 0 spiro atoms. The van der Waals surface area contributed by atoms with Crippen LogP contribution >= 0.6 is 0 Å². The molecule has 0 radical (unpaired) electrons. The lowest BCUT2D eigenvalue weighted by Crippen LogP contribution is -2.32. The van der Waals surface area contributed by atoms with Gasteiger partial charge in [0.15, 0.2) is 18.1 Å². The van der Waals surface area contributed by atoms with Crippen molar-refractivity contribution in [2.45, 2.75) is 0 Å². The minimum absolute atomic E-state index is 0.0331. The highest BCUT2D eigenvalue weighted by Crippen LogP contribution is 2.38. The van der Waals surface area contributed by atoms with Gasteiger partial charge in [0.2, 0.25) is 5.75 Å².